The number of hydrogen-bond acceptors (Lipinski definition) is 6. The number of benzene rings is 1. The van der Waals surface area contributed by atoms with Crippen LogP contribution in [0.3, 0.4) is 0 Å². The van der Waals surface area contributed by atoms with Crippen LogP contribution in [0.5, 0.6) is 0 Å². The minimum atomic E-state index is -0.761. The number of anilines is 1. The first-order chi connectivity index (χ1) is 11.9. The number of nitro groups is 1. The van der Waals surface area contributed by atoms with Crippen LogP contribution in [-0.2, 0) is 9.53 Å². The molecule has 1 atom stereocenters. The molecule has 0 unspecified atom stereocenters. The third-order valence-electron chi connectivity index (χ3n) is 3.69. The van der Waals surface area contributed by atoms with Gasteiger partial charge in [-0.05, 0) is 30.0 Å². The fourth-order valence-corrected chi connectivity index (χ4v) is 2.90. The molecule has 2 rings (SSSR count). The van der Waals surface area contributed by atoms with Crippen LogP contribution in [0.4, 0.5) is 10.7 Å². The van der Waals surface area contributed by atoms with Gasteiger partial charge in [0.05, 0.1) is 4.92 Å². The summed E-state index contributed by atoms with van der Waals surface area (Å²) in [6, 6.07) is 9.99. The molecule has 0 aliphatic heterocycles. The molecule has 1 aromatic carbocycles. The Hall–Kier alpha value is -2.74. The van der Waals surface area contributed by atoms with Crippen molar-refractivity contribution in [3.8, 4) is 0 Å². The summed E-state index contributed by atoms with van der Waals surface area (Å²) in [7, 11) is 0. The zero-order chi connectivity index (χ0) is 18.4. The molecular formula is C17H18N2O5S. The highest BCUT2D eigenvalue weighted by molar-refractivity contribution is 7.17. The second kappa shape index (κ2) is 8.39. The molecule has 0 bridgehead atoms. The van der Waals surface area contributed by atoms with Crippen LogP contribution in [0, 0.1) is 10.1 Å². The van der Waals surface area contributed by atoms with Crippen molar-refractivity contribution in [3.05, 3.63) is 57.0 Å². The maximum Gasteiger partial charge on any atom is 0.349 e. The summed E-state index contributed by atoms with van der Waals surface area (Å²) in [4.78, 5) is 34.0. The molecule has 25 heavy (non-hydrogen) atoms. The number of rotatable bonds is 7. The molecule has 0 aliphatic rings. The Morgan fingerprint density at radius 3 is 2.64 bits per heavy atom. The van der Waals surface area contributed by atoms with E-state index in [9.17, 15) is 19.7 Å². The Morgan fingerprint density at radius 2 is 2.00 bits per heavy atom. The Labute approximate surface area is 148 Å². The summed E-state index contributed by atoms with van der Waals surface area (Å²) in [6.45, 7) is 3.67. The summed E-state index contributed by atoms with van der Waals surface area (Å²) >= 11 is 0.709. The van der Waals surface area contributed by atoms with Gasteiger partial charge in [0.25, 0.3) is 5.91 Å². The van der Waals surface area contributed by atoms with Crippen molar-refractivity contribution >= 4 is 33.9 Å². The van der Waals surface area contributed by atoms with E-state index in [0.29, 0.717) is 17.0 Å². The van der Waals surface area contributed by atoms with Crippen LogP contribution in [0.15, 0.2) is 36.4 Å². The Balaban J connectivity index is 1.94. The highest BCUT2D eigenvalue weighted by Crippen LogP contribution is 2.27. The summed E-state index contributed by atoms with van der Waals surface area (Å²) in [5, 5.41) is 13.2. The Bertz CT molecular complexity index is 787. The average Bonchev–Trinajstić information content (AvgIpc) is 3.10. The summed E-state index contributed by atoms with van der Waals surface area (Å²) < 4.78 is 4.92. The van der Waals surface area contributed by atoms with Gasteiger partial charge in [-0.15, -0.1) is 0 Å². The number of ether oxygens (including phenoxy) is 1. The van der Waals surface area contributed by atoms with Gasteiger partial charge >= 0.3 is 11.0 Å². The maximum atomic E-state index is 12.0. The van der Waals surface area contributed by atoms with Gasteiger partial charge in [-0.1, -0.05) is 43.4 Å². The highest BCUT2D eigenvalue weighted by atomic mass is 32.1. The van der Waals surface area contributed by atoms with Crippen LogP contribution in [-0.4, -0.2) is 23.4 Å². The standard InChI is InChI=1S/C17H18N2O5S/c1-3-11(2)12-6-4-5-7-13(12)18-15(20)10-24-17(21)14-8-9-16(25-14)19(22)23/h4-9,11H,3,10H2,1-2H3,(H,18,20)/t11-/m0/s1. The minimum Gasteiger partial charge on any atom is -0.451 e. The quantitative estimate of drug-likeness (QED) is 0.456. The van der Waals surface area contributed by atoms with Crippen molar-refractivity contribution < 1.29 is 19.2 Å². The SMILES string of the molecule is CC[C@H](C)c1ccccc1NC(=O)COC(=O)c1ccc([N+](=O)[O-])s1. The van der Waals surface area contributed by atoms with Crippen molar-refractivity contribution in [2.45, 2.75) is 26.2 Å². The molecule has 7 nitrogen and oxygen atoms in total. The first-order valence-corrected chi connectivity index (χ1v) is 8.54. The monoisotopic (exact) mass is 362 g/mol. The predicted molar refractivity (Wildman–Crippen MR) is 95.0 cm³/mol. The Kier molecular flexibility index (Phi) is 6.24. The molecule has 0 radical (unpaired) electrons. The van der Waals surface area contributed by atoms with Gasteiger partial charge in [-0.3, -0.25) is 14.9 Å². The van der Waals surface area contributed by atoms with Crippen molar-refractivity contribution in [1.29, 1.82) is 0 Å². The van der Waals surface area contributed by atoms with E-state index in [-0.39, 0.29) is 15.8 Å². The number of esters is 1. The van der Waals surface area contributed by atoms with Gasteiger partial charge in [-0.25, -0.2) is 4.79 Å². The summed E-state index contributed by atoms with van der Waals surface area (Å²) in [6.07, 6.45) is 0.930. The van der Waals surface area contributed by atoms with Gasteiger partial charge in [0.1, 0.15) is 4.88 Å². The number of hydrogen-bond donors (Lipinski definition) is 1. The zero-order valence-electron chi connectivity index (χ0n) is 13.9. The highest BCUT2D eigenvalue weighted by Gasteiger charge is 2.18. The fourth-order valence-electron chi connectivity index (χ4n) is 2.18. The molecule has 2 aromatic rings. The Morgan fingerprint density at radius 1 is 1.28 bits per heavy atom. The third-order valence-corrected chi connectivity index (χ3v) is 4.70. The van der Waals surface area contributed by atoms with Gasteiger partial charge in [0, 0.05) is 11.8 Å². The lowest BCUT2D eigenvalue weighted by molar-refractivity contribution is -0.380. The van der Waals surface area contributed by atoms with Gasteiger partial charge < -0.3 is 10.1 Å². The predicted octanol–water partition coefficient (Wildman–Crippen LogP) is 3.97. The van der Waals surface area contributed by atoms with Crippen molar-refractivity contribution in [1.82, 2.24) is 0 Å². The van der Waals surface area contributed by atoms with Crippen molar-refractivity contribution in [2.75, 3.05) is 11.9 Å². The molecule has 1 heterocycles. The van der Waals surface area contributed by atoms with Crippen LogP contribution >= 0.6 is 11.3 Å². The molecule has 0 saturated carbocycles. The molecule has 0 fully saturated rings. The zero-order valence-corrected chi connectivity index (χ0v) is 14.7. The van der Waals surface area contributed by atoms with Crippen LogP contribution in [0.25, 0.3) is 0 Å². The van der Waals surface area contributed by atoms with Gasteiger partial charge in [-0.2, -0.15) is 0 Å². The van der Waals surface area contributed by atoms with Gasteiger partial charge in [0.2, 0.25) is 0 Å². The van der Waals surface area contributed by atoms with E-state index in [1.54, 1.807) is 6.07 Å². The van der Waals surface area contributed by atoms with Crippen molar-refractivity contribution in [2.24, 2.45) is 0 Å². The molecule has 132 valence electrons. The van der Waals surface area contributed by atoms with E-state index in [1.165, 1.54) is 12.1 Å². The maximum absolute atomic E-state index is 12.0. The average molecular weight is 362 g/mol. The van der Waals surface area contributed by atoms with Crippen LogP contribution in [0.1, 0.15) is 41.4 Å². The summed E-state index contributed by atoms with van der Waals surface area (Å²) in [5.41, 5.74) is 1.70. The van der Waals surface area contributed by atoms with Crippen molar-refractivity contribution in [3.63, 3.8) is 0 Å². The number of carbonyl (C=O) groups excluding carboxylic acids is 2. The van der Waals surface area contributed by atoms with Crippen LogP contribution in [0.2, 0.25) is 0 Å². The number of carbonyl (C=O) groups is 2. The normalized spacial score (nSPS) is 11.6. The second-order valence-corrected chi connectivity index (χ2v) is 6.48. The lowest BCUT2D eigenvalue weighted by atomic mass is 9.97. The molecular weight excluding hydrogens is 344 g/mol. The first-order valence-electron chi connectivity index (χ1n) is 7.72. The van der Waals surface area contributed by atoms with E-state index in [1.807, 2.05) is 18.2 Å². The molecule has 1 aromatic heterocycles. The molecule has 1 N–H and O–H groups in total. The van der Waals surface area contributed by atoms with Gasteiger partial charge in [0.15, 0.2) is 6.61 Å². The van der Waals surface area contributed by atoms with E-state index in [4.69, 9.17) is 4.74 Å². The number of thiophene rings is 1. The van der Waals surface area contributed by atoms with E-state index in [0.717, 1.165) is 12.0 Å². The largest absolute Gasteiger partial charge is 0.451 e. The number of amides is 1. The molecule has 0 spiro atoms. The van der Waals surface area contributed by atoms with Crippen LogP contribution < -0.4 is 5.32 Å². The topological polar surface area (TPSA) is 98.5 Å². The number of nitrogens with one attached hydrogen (secondary N) is 1. The lowest BCUT2D eigenvalue weighted by Crippen LogP contribution is -2.21. The first kappa shape index (κ1) is 18.6. The van der Waals surface area contributed by atoms with E-state index >= 15 is 0 Å². The second-order valence-electron chi connectivity index (χ2n) is 5.42. The molecule has 0 aliphatic carbocycles. The number of nitrogens with zero attached hydrogens (tertiary/aromatic N) is 1. The molecule has 8 heteroatoms. The smallest absolute Gasteiger partial charge is 0.349 e. The van der Waals surface area contributed by atoms with E-state index in [2.05, 4.69) is 19.2 Å². The lowest BCUT2D eigenvalue weighted by Gasteiger charge is -2.15. The number of para-hydroxylation sites is 1. The fraction of sp³-hybridized carbons (Fsp3) is 0.294. The molecule has 0 saturated heterocycles. The molecule has 1 amide bonds. The van der Waals surface area contributed by atoms with E-state index < -0.39 is 23.4 Å². The summed E-state index contributed by atoms with van der Waals surface area (Å²) in [5.74, 6) is -0.940. The minimum absolute atomic E-state index is 0.0829. The third kappa shape index (κ3) is 4.87.